The fourth-order valence-corrected chi connectivity index (χ4v) is 15.6. The van der Waals surface area contributed by atoms with Crippen molar-refractivity contribution in [3.63, 3.8) is 0 Å². The average molecular weight is 1120 g/mol. The first-order valence-corrected chi connectivity index (χ1v) is 31.9. The van der Waals surface area contributed by atoms with Crippen molar-refractivity contribution in [2.24, 2.45) is 0 Å². The van der Waals surface area contributed by atoms with E-state index >= 15 is 0 Å². The molecule has 0 unspecified atom stereocenters. The Morgan fingerprint density at radius 2 is 0.747 bits per heavy atom. The maximum Gasteiger partial charge on any atom is 0.0714 e. The standard InChI is InChI=1S/C85H70N2/c1-6-21-59(22-7-1)66-27-20-28-69(55-66)75-33-17-19-36-82(75)86(74-51-52-77-76-34-16-18-35-80(76)85(81(77)58-74,70-29-12-4-13-30-70)71-31-14-5-15-32-71)72-47-41-64(42-48-72)62-37-39-63(40-38-62)65-43-49-73(50-44-65)87-83-53-45-67(60-23-8-2-9-24-60)56-78(83)79-57-68(46-54-84(79)87)61-25-10-3-11-26-61/h1,4-7,12-22,27-58,60-61H,2-3,8-11,23-26H2. The predicted octanol–water partition coefficient (Wildman–Crippen LogP) is 23.4. The van der Waals surface area contributed by atoms with Crippen LogP contribution in [-0.2, 0) is 5.41 Å². The number of benzene rings is 12. The lowest BCUT2D eigenvalue weighted by Gasteiger charge is -2.35. The maximum absolute atomic E-state index is 2.57. The summed E-state index contributed by atoms with van der Waals surface area (Å²) in [6, 6.07) is 110. The van der Waals surface area contributed by atoms with Crippen LogP contribution in [-0.4, -0.2) is 4.57 Å². The van der Waals surface area contributed by atoms with E-state index in [1.165, 1.54) is 170 Å². The molecular formula is C85H70N2. The number of fused-ring (bicyclic) bond motifs is 6. The van der Waals surface area contributed by atoms with E-state index in [1.54, 1.807) is 0 Å². The molecule has 0 atom stereocenters. The number of hydrogen-bond donors (Lipinski definition) is 0. The van der Waals surface area contributed by atoms with E-state index in [0.717, 1.165) is 28.2 Å². The zero-order valence-electron chi connectivity index (χ0n) is 49.3. The zero-order valence-corrected chi connectivity index (χ0v) is 49.3. The molecule has 0 saturated heterocycles. The molecule has 2 fully saturated rings. The molecule has 0 bridgehead atoms. The van der Waals surface area contributed by atoms with Crippen LogP contribution in [0.5, 0.6) is 0 Å². The number of aromatic nitrogens is 1. The van der Waals surface area contributed by atoms with Gasteiger partial charge in [0.15, 0.2) is 0 Å². The summed E-state index contributed by atoms with van der Waals surface area (Å²) in [5, 5.41) is 2.81. The fraction of sp³-hybridized carbons (Fsp3) is 0.153. The first-order chi connectivity index (χ1) is 43.1. The molecule has 2 nitrogen and oxygen atoms in total. The average Bonchev–Trinajstić information content (AvgIpc) is 1.98. The van der Waals surface area contributed by atoms with E-state index in [0.29, 0.717) is 11.8 Å². The van der Waals surface area contributed by atoms with Gasteiger partial charge in [0.05, 0.1) is 22.1 Å². The van der Waals surface area contributed by atoms with Gasteiger partial charge in [0.2, 0.25) is 0 Å². The van der Waals surface area contributed by atoms with Crippen LogP contribution < -0.4 is 4.90 Å². The molecule has 2 heteroatoms. The molecule has 13 aromatic rings. The summed E-state index contributed by atoms with van der Waals surface area (Å²) in [4.78, 5) is 2.48. The minimum absolute atomic E-state index is 0.541. The van der Waals surface area contributed by atoms with Gasteiger partial charge in [-0.3, -0.25) is 0 Å². The van der Waals surface area contributed by atoms with E-state index in [-0.39, 0.29) is 0 Å². The molecule has 12 aromatic carbocycles. The summed E-state index contributed by atoms with van der Waals surface area (Å²) < 4.78 is 2.52. The van der Waals surface area contributed by atoms with Crippen molar-refractivity contribution in [1.29, 1.82) is 0 Å². The third-order valence-corrected chi connectivity index (χ3v) is 19.9. The topological polar surface area (TPSA) is 8.17 Å². The summed E-state index contributed by atoms with van der Waals surface area (Å²) in [6.45, 7) is 0. The van der Waals surface area contributed by atoms with Crippen molar-refractivity contribution in [2.45, 2.75) is 81.5 Å². The van der Waals surface area contributed by atoms with Gasteiger partial charge in [-0.25, -0.2) is 0 Å². The maximum atomic E-state index is 2.57. The summed E-state index contributed by atoms with van der Waals surface area (Å²) in [6.07, 6.45) is 13.4. The highest BCUT2D eigenvalue weighted by Crippen LogP contribution is 2.58. The Morgan fingerprint density at radius 1 is 0.299 bits per heavy atom. The second-order valence-corrected chi connectivity index (χ2v) is 24.8. The van der Waals surface area contributed by atoms with Crippen LogP contribution in [0.15, 0.2) is 291 Å². The second-order valence-electron chi connectivity index (χ2n) is 24.8. The van der Waals surface area contributed by atoms with Gasteiger partial charge < -0.3 is 9.47 Å². The number of nitrogens with zero attached hydrogens (tertiary/aromatic N) is 2. The number of para-hydroxylation sites is 1. The number of anilines is 3. The normalized spacial score (nSPS) is 14.9. The van der Waals surface area contributed by atoms with Crippen molar-refractivity contribution in [2.75, 3.05) is 4.90 Å². The van der Waals surface area contributed by atoms with Crippen LogP contribution in [0.1, 0.15) is 109 Å². The molecule has 87 heavy (non-hydrogen) atoms. The molecule has 3 aliphatic carbocycles. The SMILES string of the molecule is c1ccc(-c2cccc(-c3ccccc3N(c3ccc(-c4ccc(-c5ccc(-n6c7ccc(C8CCCCC8)cc7c7cc(C8CCCCC8)ccc76)cc5)cc4)cc3)c3ccc4c(c3)C(c3ccccc3)(c3ccccc3)c3ccccc3-4)c2)cc1. The van der Waals surface area contributed by atoms with E-state index in [9.17, 15) is 0 Å². The van der Waals surface area contributed by atoms with Crippen LogP contribution in [0.4, 0.5) is 17.1 Å². The largest absolute Gasteiger partial charge is 0.310 e. The predicted molar refractivity (Wildman–Crippen MR) is 366 cm³/mol. The van der Waals surface area contributed by atoms with Gasteiger partial charge in [0, 0.05) is 33.4 Å². The molecule has 0 N–H and O–H groups in total. The molecule has 420 valence electrons. The summed E-state index contributed by atoms with van der Waals surface area (Å²) in [7, 11) is 0. The van der Waals surface area contributed by atoms with Crippen LogP contribution >= 0.6 is 0 Å². The Balaban J connectivity index is 0.756. The van der Waals surface area contributed by atoms with Gasteiger partial charge in [-0.1, -0.05) is 257 Å². The van der Waals surface area contributed by atoms with Crippen LogP contribution in [0.25, 0.3) is 83.1 Å². The minimum Gasteiger partial charge on any atom is -0.310 e. The highest BCUT2D eigenvalue weighted by atomic mass is 15.1. The smallest absolute Gasteiger partial charge is 0.0714 e. The zero-order chi connectivity index (χ0) is 57.7. The lowest BCUT2D eigenvalue weighted by atomic mass is 9.67. The van der Waals surface area contributed by atoms with Crippen LogP contribution in [0.2, 0.25) is 0 Å². The van der Waals surface area contributed by atoms with E-state index < -0.39 is 5.41 Å². The first kappa shape index (κ1) is 52.8. The van der Waals surface area contributed by atoms with Gasteiger partial charge in [-0.15, -0.1) is 0 Å². The van der Waals surface area contributed by atoms with Crippen molar-refractivity contribution < 1.29 is 0 Å². The highest BCUT2D eigenvalue weighted by Gasteiger charge is 2.46. The molecule has 0 amide bonds. The molecular weight excluding hydrogens is 1050 g/mol. The first-order valence-electron chi connectivity index (χ1n) is 31.9. The Hall–Kier alpha value is -9.76. The third kappa shape index (κ3) is 9.42. The molecule has 1 aromatic heterocycles. The van der Waals surface area contributed by atoms with E-state index in [4.69, 9.17) is 0 Å². The minimum atomic E-state index is -0.541. The van der Waals surface area contributed by atoms with Gasteiger partial charge in [-0.2, -0.15) is 0 Å². The Bertz CT molecular complexity index is 4490. The molecule has 16 rings (SSSR count). The second kappa shape index (κ2) is 22.6. The number of hydrogen-bond acceptors (Lipinski definition) is 1. The van der Waals surface area contributed by atoms with E-state index in [2.05, 4.69) is 301 Å². The van der Waals surface area contributed by atoms with Crippen LogP contribution in [0.3, 0.4) is 0 Å². The van der Waals surface area contributed by atoms with Crippen molar-refractivity contribution in [1.82, 2.24) is 4.57 Å². The summed E-state index contributed by atoms with van der Waals surface area (Å²) >= 11 is 0. The highest BCUT2D eigenvalue weighted by molar-refractivity contribution is 6.10. The lowest BCUT2D eigenvalue weighted by Crippen LogP contribution is -2.28. The Morgan fingerprint density at radius 3 is 1.33 bits per heavy atom. The van der Waals surface area contributed by atoms with Crippen molar-refractivity contribution in [3.8, 4) is 61.3 Å². The molecule has 0 aliphatic heterocycles. The fourth-order valence-electron chi connectivity index (χ4n) is 15.6. The summed E-state index contributed by atoms with van der Waals surface area (Å²) in [5.41, 5.74) is 26.7. The van der Waals surface area contributed by atoms with Crippen molar-refractivity contribution in [3.05, 3.63) is 325 Å². The number of rotatable bonds is 12. The van der Waals surface area contributed by atoms with Crippen molar-refractivity contribution >= 4 is 38.9 Å². The molecule has 2 saturated carbocycles. The van der Waals surface area contributed by atoms with Crippen LogP contribution in [0, 0.1) is 0 Å². The monoisotopic (exact) mass is 1120 g/mol. The quantitative estimate of drug-likeness (QED) is 0.118. The third-order valence-electron chi connectivity index (χ3n) is 19.9. The van der Waals surface area contributed by atoms with Gasteiger partial charge in [0.25, 0.3) is 0 Å². The molecule has 3 aliphatic rings. The van der Waals surface area contributed by atoms with Gasteiger partial charge >= 0.3 is 0 Å². The molecule has 1 heterocycles. The molecule has 0 spiro atoms. The Kier molecular flexibility index (Phi) is 13.7. The van der Waals surface area contributed by atoms with Gasteiger partial charge in [-0.05, 0) is 194 Å². The lowest BCUT2D eigenvalue weighted by molar-refractivity contribution is 0.444. The summed E-state index contributed by atoms with van der Waals surface area (Å²) in [5.74, 6) is 1.34. The van der Waals surface area contributed by atoms with Gasteiger partial charge in [0.1, 0.15) is 0 Å². The molecule has 0 radical (unpaired) electrons. The van der Waals surface area contributed by atoms with E-state index in [1.807, 2.05) is 0 Å². The Labute approximate surface area is 512 Å².